The average molecular weight is 254 g/mol. The van der Waals surface area contributed by atoms with Gasteiger partial charge in [0.2, 0.25) is 0 Å². The van der Waals surface area contributed by atoms with Gasteiger partial charge in [-0.3, -0.25) is 0 Å². The maximum Gasteiger partial charge on any atom is 0.191 e. The number of aromatic nitrogens is 3. The summed E-state index contributed by atoms with van der Waals surface area (Å²) in [6, 6.07) is 0.310. The summed E-state index contributed by atoms with van der Waals surface area (Å²) in [6.07, 6.45) is 8.04. The van der Waals surface area contributed by atoms with Gasteiger partial charge in [0.1, 0.15) is 6.33 Å². The molecule has 2 N–H and O–H groups in total. The van der Waals surface area contributed by atoms with Crippen molar-refractivity contribution in [1.82, 2.24) is 14.8 Å². The van der Waals surface area contributed by atoms with Gasteiger partial charge in [-0.25, -0.2) is 0 Å². The van der Waals surface area contributed by atoms with E-state index in [1.54, 1.807) is 18.1 Å². The molecule has 0 spiro atoms. The van der Waals surface area contributed by atoms with E-state index in [2.05, 4.69) is 17.1 Å². The fourth-order valence-corrected chi connectivity index (χ4v) is 3.81. The summed E-state index contributed by atoms with van der Waals surface area (Å²) in [7, 11) is 1.99. The molecule has 0 bridgehead atoms. The molecule has 2 rings (SSSR count). The summed E-state index contributed by atoms with van der Waals surface area (Å²) < 4.78 is 1.97. The number of rotatable bonds is 4. The largest absolute Gasteiger partial charge is 0.327 e. The summed E-state index contributed by atoms with van der Waals surface area (Å²) in [5, 5.41) is 9.55. The average Bonchev–Trinajstić information content (AvgIpc) is 2.70. The fraction of sp³-hybridized carbons (Fsp3) is 0.833. The second-order valence-electron chi connectivity index (χ2n) is 5.01. The van der Waals surface area contributed by atoms with E-state index in [4.69, 9.17) is 5.73 Å². The van der Waals surface area contributed by atoms with Gasteiger partial charge in [0.25, 0.3) is 0 Å². The van der Waals surface area contributed by atoms with E-state index in [0.29, 0.717) is 11.3 Å². The van der Waals surface area contributed by atoms with Gasteiger partial charge >= 0.3 is 0 Å². The van der Waals surface area contributed by atoms with Gasteiger partial charge in [-0.05, 0) is 25.2 Å². The number of nitrogens with zero attached hydrogens (tertiary/aromatic N) is 3. The van der Waals surface area contributed by atoms with Crippen LogP contribution in [0, 0.1) is 5.92 Å². The molecule has 0 radical (unpaired) electrons. The molecule has 1 aliphatic rings. The molecule has 3 atom stereocenters. The molecule has 1 aromatic heterocycles. The lowest BCUT2D eigenvalue weighted by Gasteiger charge is -2.33. The van der Waals surface area contributed by atoms with Crippen LogP contribution in [0.4, 0.5) is 0 Å². The normalized spacial score (nSPS) is 29.5. The Labute approximate surface area is 107 Å². The van der Waals surface area contributed by atoms with Crippen molar-refractivity contribution in [2.24, 2.45) is 18.7 Å². The molecule has 0 amide bonds. The molecule has 1 heterocycles. The number of nitrogens with two attached hydrogens (primary N) is 1. The van der Waals surface area contributed by atoms with Crippen LogP contribution in [0.1, 0.15) is 39.0 Å². The molecule has 17 heavy (non-hydrogen) atoms. The van der Waals surface area contributed by atoms with Crippen LogP contribution in [0.25, 0.3) is 0 Å². The number of hydrogen-bond donors (Lipinski definition) is 1. The minimum atomic E-state index is 0.310. The minimum absolute atomic E-state index is 0.310. The minimum Gasteiger partial charge on any atom is -0.327 e. The molecule has 3 unspecified atom stereocenters. The third kappa shape index (κ3) is 3.22. The molecule has 1 aromatic rings. The highest BCUT2D eigenvalue weighted by molar-refractivity contribution is 7.99. The molecule has 0 aliphatic heterocycles. The Bertz CT molecular complexity index is 352. The summed E-state index contributed by atoms with van der Waals surface area (Å²) >= 11 is 1.80. The van der Waals surface area contributed by atoms with Crippen molar-refractivity contribution in [3.05, 3.63) is 6.33 Å². The van der Waals surface area contributed by atoms with Gasteiger partial charge in [0.05, 0.1) is 0 Å². The van der Waals surface area contributed by atoms with Crippen molar-refractivity contribution in [2.45, 2.75) is 55.5 Å². The molecule has 1 saturated carbocycles. The molecule has 0 saturated heterocycles. The summed E-state index contributed by atoms with van der Waals surface area (Å²) in [4.78, 5) is 0. The van der Waals surface area contributed by atoms with Crippen LogP contribution in [0.5, 0.6) is 0 Å². The van der Waals surface area contributed by atoms with Crippen molar-refractivity contribution in [3.63, 3.8) is 0 Å². The van der Waals surface area contributed by atoms with E-state index in [0.717, 1.165) is 17.5 Å². The standard InChI is InChI=1S/C12H22N4S/c1-3-4-9-5-6-10(13)11(7-9)17-12-15-14-8-16(12)2/h8-11H,3-7,13H2,1-2H3. The molecule has 4 nitrogen and oxygen atoms in total. The van der Waals surface area contributed by atoms with Crippen LogP contribution < -0.4 is 5.73 Å². The summed E-state index contributed by atoms with van der Waals surface area (Å²) in [5.41, 5.74) is 6.23. The Morgan fingerprint density at radius 1 is 1.53 bits per heavy atom. The topological polar surface area (TPSA) is 56.7 Å². The number of thioether (sulfide) groups is 1. The quantitative estimate of drug-likeness (QED) is 0.895. The maximum absolute atomic E-state index is 6.23. The zero-order chi connectivity index (χ0) is 12.3. The van der Waals surface area contributed by atoms with Gasteiger partial charge in [0.15, 0.2) is 5.16 Å². The van der Waals surface area contributed by atoms with Gasteiger partial charge < -0.3 is 10.3 Å². The second-order valence-corrected chi connectivity index (χ2v) is 6.22. The molecular weight excluding hydrogens is 232 g/mol. The van der Waals surface area contributed by atoms with Crippen LogP contribution in [-0.2, 0) is 7.05 Å². The van der Waals surface area contributed by atoms with Gasteiger partial charge in [-0.15, -0.1) is 10.2 Å². The van der Waals surface area contributed by atoms with Gasteiger partial charge in [0, 0.05) is 18.3 Å². The number of hydrogen-bond acceptors (Lipinski definition) is 4. The third-order valence-electron chi connectivity index (χ3n) is 3.57. The van der Waals surface area contributed by atoms with Crippen LogP contribution in [0.2, 0.25) is 0 Å². The molecule has 5 heteroatoms. The third-order valence-corrected chi connectivity index (χ3v) is 5.00. The van der Waals surface area contributed by atoms with Crippen molar-refractivity contribution in [3.8, 4) is 0 Å². The zero-order valence-corrected chi connectivity index (χ0v) is 11.5. The van der Waals surface area contributed by atoms with Crippen molar-refractivity contribution in [1.29, 1.82) is 0 Å². The monoisotopic (exact) mass is 254 g/mol. The highest BCUT2D eigenvalue weighted by Gasteiger charge is 2.29. The number of aryl methyl sites for hydroxylation is 1. The maximum atomic E-state index is 6.23. The van der Waals surface area contributed by atoms with E-state index >= 15 is 0 Å². The first kappa shape index (κ1) is 12.9. The lowest BCUT2D eigenvalue weighted by molar-refractivity contribution is 0.316. The highest BCUT2D eigenvalue weighted by Crippen LogP contribution is 2.36. The molecule has 0 aromatic carbocycles. The Kier molecular flexibility index (Phi) is 4.45. The van der Waals surface area contributed by atoms with Crippen LogP contribution in [-0.4, -0.2) is 26.1 Å². The molecule has 1 aliphatic carbocycles. The van der Waals surface area contributed by atoms with E-state index in [1.807, 2.05) is 11.6 Å². The Morgan fingerprint density at radius 3 is 3.00 bits per heavy atom. The zero-order valence-electron chi connectivity index (χ0n) is 10.7. The van der Waals surface area contributed by atoms with Crippen molar-refractivity contribution < 1.29 is 0 Å². The predicted molar refractivity (Wildman–Crippen MR) is 70.9 cm³/mol. The summed E-state index contributed by atoms with van der Waals surface area (Å²) in [5.74, 6) is 0.852. The predicted octanol–water partition coefficient (Wildman–Crippen LogP) is 2.20. The first-order valence-electron chi connectivity index (χ1n) is 6.47. The van der Waals surface area contributed by atoms with Crippen LogP contribution >= 0.6 is 11.8 Å². The Hall–Kier alpha value is -0.550. The highest BCUT2D eigenvalue weighted by atomic mass is 32.2. The lowest BCUT2D eigenvalue weighted by atomic mass is 9.83. The van der Waals surface area contributed by atoms with Crippen molar-refractivity contribution in [2.75, 3.05) is 0 Å². The van der Waals surface area contributed by atoms with Crippen LogP contribution in [0.15, 0.2) is 11.5 Å². The molecular formula is C12H22N4S. The fourth-order valence-electron chi connectivity index (χ4n) is 2.56. The molecule has 96 valence electrons. The van der Waals surface area contributed by atoms with Crippen LogP contribution in [0.3, 0.4) is 0 Å². The second kappa shape index (κ2) is 5.87. The smallest absolute Gasteiger partial charge is 0.191 e. The van der Waals surface area contributed by atoms with E-state index in [9.17, 15) is 0 Å². The molecule has 1 fully saturated rings. The summed E-state index contributed by atoms with van der Waals surface area (Å²) in [6.45, 7) is 2.26. The Morgan fingerprint density at radius 2 is 2.35 bits per heavy atom. The Balaban J connectivity index is 1.96. The lowest BCUT2D eigenvalue weighted by Crippen LogP contribution is -2.38. The van der Waals surface area contributed by atoms with E-state index < -0.39 is 0 Å². The first-order valence-corrected chi connectivity index (χ1v) is 7.35. The van der Waals surface area contributed by atoms with Crippen molar-refractivity contribution >= 4 is 11.8 Å². The SMILES string of the molecule is CCCC1CCC(N)C(Sc2nncn2C)C1. The van der Waals surface area contributed by atoms with Gasteiger partial charge in [-0.2, -0.15) is 0 Å². The van der Waals surface area contributed by atoms with E-state index in [-0.39, 0.29) is 0 Å². The van der Waals surface area contributed by atoms with Gasteiger partial charge in [-0.1, -0.05) is 31.5 Å². The first-order chi connectivity index (χ1) is 8.20. The van der Waals surface area contributed by atoms with E-state index in [1.165, 1.54) is 25.7 Å².